The first-order chi connectivity index (χ1) is 12.0. The number of nitrogens with one attached hydrogen (secondary N) is 2. The van der Waals surface area contributed by atoms with Crippen LogP contribution in [0.1, 0.15) is 10.4 Å². The first kappa shape index (κ1) is 18.2. The van der Waals surface area contributed by atoms with Crippen molar-refractivity contribution in [3.63, 3.8) is 0 Å². The summed E-state index contributed by atoms with van der Waals surface area (Å²) < 4.78 is 3.46. The van der Waals surface area contributed by atoms with E-state index in [0.29, 0.717) is 20.9 Å². The van der Waals surface area contributed by atoms with E-state index in [0.717, 1.165) is 9.26 Å². The van der Waals surface area contributed by atoms with Crippen LogP contribution in [0.4, 0.5) is 11.4 Å². The molecule has 0 aliphatic carbocycles. The van der Waals surface area contributed by atoms with Crippen molar-refractivity contribution < 1.29 is 10.0 Å². The van der Waals surface area contributed by atoms with E-state index in [1.807, 2.05) is 18.2 Å². The fourth-order valence-electron chi connectivity index (χ4n) is 2.25. The van der Waals surface area contributed by atoms with Crippen molar-refractivity contribution in [2.45, 2.75) is 0 Å². The second-order valence-electron chi connectivity index (χ2n) is 5.01. The van der Waals surface area contributed by atoms with Gasteiger partial charge in [0.2, 0.25) is 0 Å². The van der Waals surface area contributed by atoms with Crippen LogP contribution in [-0.2, 0) is 0 Å². The molecule has 1 aromatic heterocycles. The molecule has 128 valence electrons. The number of nitrogens with zero attached hydrogens (tertiary/aromatic N) is 2. The van der Waals surface area contributed by atoms with Gasteiger partial charge in [-0.1, -0.05) is 11.6 Å². The van der Waals surface area contributed by atoms with Gasteiger partial charge < -0.3 is 9.88 Å². The normalized spacial score (nSPS) is 10.6. The predicted molar refractivity (Wildman–Crippen MR) is 108 cm³/mol. The summed E-state index contributed by atoms with van der Waals surface area (Å²) >= 11 is 11.9. The van der Waals surface area contributed by atoms with Gasteiger partial charge in [-0.05, 0) is 68.9 Å². The van der Waals surface area contributed by atoms with Crippen LogP contribution in [0, 0.1) is 3.57 Å². The van der Waals surface area contributed by atoms with Crippen molar-refractivity contribution in [3.05, 3.63) is 67.7 Å². The maximum Gasteiger partial charge on any atom is 0.276 e. The number of aromatic nitrogens is 2. The van der Waals surface area contributed by atoms with Crippen LogP contribution >= 0.6 is 50.1 Å². The van der Waals surface area contributed by atoms with Crippen LogP contribution in [0.2, 0.25) is 5.02 Å². The number of carbonyl (C=O) groups excluding carboxylic acids is 1. The molecule has 0 saturated carbocycles. The molecule has 25 heavy (non-hydrogen) atoms. The van der Waals surface area contributed by atoms with Gasteiger partial charge in [0.25, 0.3) is 5.91 Å². The van der Waals surface area contributed by atoms with Crippen LogP contribution < -0.4 is 10.8 Å². The van der Waals surface area contributed by atoms with Crippen LogP contribution in [0.15, 0.2) is 53.5 Å². The topological polar surface area (TPSA) is 79.2 Å². The number of halogens is 3. The fourth-order valence-corrected chi connectivity index (χ4v) is 3.70. The van der Waals surface area contributed by atoms with Gasteiger partial charge in [-0.3, -0.25) is 10.0 Å². The second-order valence-corrected chi connectivity index (χ2v) is 7.52. The lowest BCUT2D eigenvalue weighted by Crippen LogP contribution is -2.20. The molecule has 0 aliphatic heterocycles. The number of hydrogen-bond donors (Lipinski definition) is 3. The molecule has 0 spiro atoms. The number of anilines is 2. The molecule has 3 aromatic rings. The summed E-state index contributed by atoms with van der Waals surface area (Å²) in [4.78, 5) is 16.1. The molecule has 3 rings (SSSR count). The van der Waals surface area contributed by atoms with Crippen molar-refractivity contribution in [1.82, 2.24) is 15.0 Å². The molecule has 0 aliphatic rings. The van der Waals surface area contributed by atoms with Crippen LogP contribution in [0.25, 0.3) is 5.69 Å². The maximum atomic E-state index is 12.0. The van der Waals surface area contributed by atoms with E-state index in [1.165, 1.54) is 0 Å². The van der Waals surface area contributed by atoms with Crippen molar-refractivity contribution in [3.8, 4) is 5.69 Å². The molecule has 0 unspecified atom stereocenters. The number of carbonyl (C=O) groups is 1. The van der Waals surface area contributed by atoms with Gasteiger partial charge in [0.1, 0.15) is 0 Å². The molecule has 0 fully saturated rings. The Bertz CT molecular complexity index is 934. The zero-order valence-electron chi connectivity index (χ0n) is 12.5. The molecule has 6 nitrogen and oxygen atoms in total. The zero-order valence-corrected chi connectivity index (χ0v) is 17.0. The quantitative estimate of drug-likeness (QED) is 0.257. The molecule has 0 saturated heterocycles. The van der Waals surface area contributed by atoms with Gasteiger partial charge in [0.15, 0.2) is 0 Å². The molecule has 0 atom stereocenters. The standard InChI is InChI=1S/C16H11BrClIN4O2/c17-11-6-10(16(24)22-25)14(7-15(11)23-4-3-20-8-23)21-13-2-1-9(19)5-12(13)18/h1-8,21,25H,(H,22,24). The van der Waals surface area contributed by atoms with Crippen LogP contribution in [0.3, 0.4) is 0 Å². The number of hydroxylamine groups is 1. The Morgan fingerprint density at radius 2 is 2.08 bits per heavy atom. The number of hydrogen-bond acceptors (Lipinski definition) is 4. The van der Waals surface area contributed by atoms with E-state index in [4.69, 9.17) is 16.8 Å². The molecule has 2 aromatic carbocycles. The van der Waals surface area contributed by atoms with Crippen molar-refractivity contribution in [2.24, 2.45) is 0 Å². The highest BCUT2D eigenvalue weighted by molar-refractivity contribution is 14.1. The smallest absolute Gasteiger partial charge is 0.276 e. The van der Waals surface area contributed by atoms with E-state index < -0.39 is 5.91 Å². The summed E-state index contributed by atoms with van der Waals surface area (Å²) in [7, 11) is 0. The lowest BCUT2D eigenvalue weighted by molar-refractivity contribution is 0.0707. The summed E-state index contributed by atoms with van der Waals surface area (Å²) in [5.74, 6) is -0.637. The number of amides is 1. The number of imidazole rings is 1. The number of rotatable bonds is 4. The Labute approximate surface area is 170 Å². The Morgan fingerprint density at radius 3 is 2.72 bits per heavy atom. The fraction of sp³-hybridized carbons (Fsp3) is 0. The first-order valence-electron chi connectivity index (χ1n) is 6.98. The van der Waals surface area contributed by atoms with E-state index in [9.17, 15) is 4.79 Å². The lowest BCUT2D eigenvalue weighted by Gasteiger charge is -2.16. The van der Waals surface area contributed by atoms with E-state index in [2.05, 4.69) is 48.8 Å². The minimum absolute atomic E-state index is 0.257. The summed E-state index contributed by atoms with van der Waals surface area (Å²) in [5, 5.41) is 12.7. The molecule has 0 radical (unpaired) electrons. The average Bonchev–Trinajstić information content (AvgIpc) is 3.12. The van der Waals surface area contributed by atoms with Gasteiger partial charge >= 0.3 is 0 Å². The lowest BCUT2D eigenvalue weighted by atomic mass is 10.1. The maximum absolute atomic E-state index is 12.0. The largest absolute Gasteiger partial charge is 0.354 e. The molecule has 1 amide bonds. The Morgan fingerprint density at radius 1 is 1.28 bits per heavy atom. The van der Waals surface area contributed by atoms with Gasteiger partial charge in [-0.2, -0.15) is 0 Å². The Hall–Kier alpha value is -1.62. The minimum atomic E-state index is -0.637. The predicted octanol–water partition coefficient (Wildman–Crippen LogP) is 4.76. The highest BCUT2D eigenvalue weighted by Gasteiger charge is 2.16. The molecular formula is C16H11BrClIN4O2. The second kappa shape index (κ2) is 7.73. The van der Waals surface area contributed by atoms with Gasteiger partial charge in [0.05, 0.1) is 34.0 Å². The SMILES string of the molecule is O=C(NO)c1cc(Br)c(-n2ccnc2)cc1Nc1ccc(I)cc1Cl. The van der Waals surface area contributed by atoms with Gasteiger partial charge in [-0.15, -0.1) is 0 Å². The molecule has 9 heteroatoms. The monoisotopic (exact) mass is 532 g/mol. The third-order valence-corrected chi connectivity index (χ3v) is 5.04. The molecule has 1 heterocycles. The van der Waals surface area contributed by atoms with Crippen LogP contribution in [-0.4, -0.2) is 20.7 Å². The highest BCUT2D eigenvalue weighted by atomic mass is 127. The van der Waals surface area contributed by atoms with Crippen molar-refractivity contribution in [2.75, 3.05) is 5.32 Å². The van der Waals surface area contributed by atoms with Crippen molar-refractivity contribution >= 4 is 67.4 Å². The first-order valence-corrected chi connectivity index (χ1v) is 9.23. The Kier molecular flexibility index (Phi) is 5.62. The molecule has 3 N–H and O–H groups in total. The van der Waals surface area contributed by atoms with Crippen molar-refractivity contribution in [1.29, 1.82) is 0 Å². The highest BCUT2D eigenvalue weighted by Crippen LogP contribution is 2.33. The Balaban J connectivity index is 2.11. The van der Waals surface area contributed by atoms with E-state index in [-0.39, 0.29) is 5.56 Å². The average molecular weight is 534 g/mol. The third kappa shape index (κ3) is 3.97. The number of benzene rings is 2. The minimum Gasteiger partial charge on any atom is -0.354 e. The summed E-state index contributed by atoms with van der Waals surface area (Å²) in [6.07, 6.45) is 5.09. The van der Waals surface area contributed by atoms with E-state index in [1.54, 1.807) is 40.9 Å². The van der Waals surface area contributed by atoms with Crippen LogP contribution in [0.5, 0.6) is 0 Å². The summed E-state index contributed by atoms with van der Waals surface area (Å²) in [6, 6.07) is 8.92. The summed E-state index contributed by atoms with van der Waals surface area (Å²) in [6.45, 7) is 0. The van der Waals surface area contributed by atoms with Gasteiger partial charge in [0, 0.05) is 20.4 Å². The van der Waals surface area contributed by atoms with E-state index >= 15 is 0 Å². The third-order valence-electron chi connectivity index (χ3n) is 3.42. The van der Waals surface area contributed by atoms with Gasteiger partial charge in [-0.25, -0.2) is 10.5 Å². The molecular weight excluding hydrogens is 522 g/mol. The zero-order chi connectivity index (χ0) is 18.0. The molecule has 0 bridgehead atoms. The summed E-state index contributed by atoms with van der Waals surface area (Å²) in [5.41, 5.74) is 3.82.